The van der Waals surface area contributed by atoms with E-state index in [4.69, 9.17) is 0 Å². The van der Waals surface area contributed by atoms with Crippen molar-refractivity contribution in [2.45, 2.75) is 11.8 Å². The largest absolute Gasteiger partial charge is 0.271 e. The van der Waals surface area contributed by atoms with Gasteiger partial charge in [0, 0.05) is 16.6 Å². The fourth-order valence-corrected chi connectivity index (χ4v) is 4.56. The number of halogens is 1. The van der Waals surface area contributed by atoms with Gasteiger partial charge in [0.25, 0.3) is 21.6 Å². The molecular weight excluding hydrogens is 512 g/mol. The molecule has 0 bridgehead atoms. The number of non-ortho nitro benzene ring substituents is 1. The van der Waals surface area contributed by atoms with Crippen molar-refractivity contribution in [1.29, 1.82) is 0 Å². The average molecular weight is 531 g/mol. The maximum atomic E-state index is 13.3. The number of anilines is 1. The Hall–Kier alpha value is -3.57. The van der Waals surface area contributed by atoms with Crippen molar-refractivity contribution < 1.29 is 18.1 Å². The lowest BCUT2D eigenvalue weighted by Crippen LogP contribution is -2.39. The molecule has 0 spiro atoms. The Morgan fingerprint density at radius 1 is 1.06 bits per heavy atom. The minimum absolute atomic E-state index is 0.0168. The molecule has 3 aromatic carbocycles. The van der Waals surface area contributed by atoms with Crippen molar-refractivity contribution in [3.8, 4) is 0 Å². The number of nitrogens with zero attached hydrogens (tertiary/aromatic N) is 3. The number of carbonyl (C=O) groups excluding carboxylic acids is 1. The molecule has 0 heterocycles. The highest BCUT2D eigenvalue weighted by Gasteiger charge is 2.28. The standard InChI is InChI=1S/C22H19BrN4O5S/c1-16(17-10-12-18(23)13-11-17)24-25-22(28)15-26(19-6-5-7-20(14-19)27(29)30)33(31,32)21-8-3-2-4-9-21/h2-14H,15H2,1H3,(H,25,28)/b24-16-. The van der Waals surface area contributed by atoms with Gasteiger partial charge in [-0.25, -0.2) is 13.8 Å². The van der Waals surface area contributed by atoms with Crippen LogP contribution in [0.3, 0.4) is 0 Å². The average Bonchev–Trinajstić information content (AvgIpc) is 2.82. The number of sulfonamides is 1. The molecule has 0 fully saturated rings. The van der Waals surface area contributed by atoms with Gasteiger partial charge in [-0.3, -0.25) is 19.2 Å². The summed E-state index contributed by atoms with van der Waals surface area (Å²) in [4.78, 5) is 23.1. The fraction of sp³-hybridized carbons (Fsp3) is 0.0909. The molecule has 0 atom stereocenters. The molecule has 0 aliphatic carbocycles. The van der Waals surface area contributed by atoms with Gasteiger partial charge in [0.15, 0.2) is 0 Å². The van der Waals surface area contributed by atoms with E-state index < -0.39 is 27.4 Å². The number of carbonyl (C=O) groups is 1. The highest BCUT2D eigenvalue weighted by Crippen LogP contribution is 2.26. The third kappa shape index (κ3) is 6.02. The zero-order valence-electron chi connectivity index (χ0n) is 17.4. The number of hydrazone groups is 1. The summed E-state index contributed by atoms with van der Waals surface area (Å²) in [6, 6.07) is 19.9. The van der Waals surface area contributed by atoms with Crippen LogP contribution in [0.15, 0.2) is 93.3 Å². The van der Waals surface area contributed by atoms with Crippen molar-refractivity contribution in [3.05, 3.63) is 99.0 Å². The molecular formula is C22H19BrN4O5S. The van der Waals surface area contributed by atoms with Crippen molar-refractivity contribution in [3.63, 3.8) is 0 Å². The van der Waals surface area contributed by atoms with E-state index in [0.717, 1.165) is 20.4 Å². The number of nitrogens with one attached hydrogen (secondary N) is 1. The van der Waals surface area contributed by atoms with Crippen molar-refractivity contribution in [2.24, 2.45) is 5.10 Å². The molecule has 9 nitrogen and oxygen atoms in total. The second-order valence-corrected chi connectivity index (χ2v) is 9.62. The molecule has 0 aliphatic rings. The van der Waals surface area contributed by atoms with Crippen LogP contribution in [-0.4, -0.2) is 31.5 Å². The van der Waals surface area contributed by atoms with E-state index in [1.807, 2.05) is 24.3 Å². The summed E-state index contributed by atoms with van der Waals surface area (Å²) in [6.45, 7) is 1.07. The Balaban J connectivity index is 1.90. The highest BCUT2D eigenvalue weighted by molar-refractivity contribution is 9.10. The minimum Gasteiger partial charge on any atom is -0.271 e. The van der Waals surface area contributed by atoms with Gasteiger partial charge >= 0.3 is 0 Å². The summed E-state index contributed by atoms with van der Waals surface area (Å²) >= 11 is 3.34. The smallest absolute Gasteiger partial charge is 0.271 e. The number of hydrogen-bond acceptors (Lipinski definition) is 6. The van der Waals surface area contributed by atoms with E-state index in [1.165, 1.54) is 30.3 Å². The summed E-state index contributed by atoms with van der Waals surface area (Å²) < 4.78 is 28.3. The first kappa shape index (κ1) is 24.1. The second kappa shape index (κ2) is 10.4. The maximum Gasteiger partial charge on any atom is 0.271 e. The molecule has 3 rings (SSSR count). The third-order valence-electron chi connectivity index (χ3n) is 4.56. The first-order valence-corrected chi connectivity index (χ1v) is 11.8. The van der Waals surface area contributed by atoms with Crippen LogP contribution in [-0.2, 0) is 14.8 Å². The predicted octanol–water partition coefficient (Wildman–Crippen LogP) is 4.09. The van der Waals surface area contributed by atoms with E-state index in [2.05, 4.69) is 26.5 Å². The molecule has 0 saturated carbocycles. The molecule has 11 heteroatoms. The molecule has 0 unspecified atom stereocenters. The molecule has 0 aliphatic heterocycles. The quantitative estimate of drug-likeness (QED) is 0.267. The van der Waals surface area contributed by atoms with Gasteiger partial charge in [0.1, 0.15) is 6.54 Å². The van der Waals surface area contributed by atoms with Gasteiger partial charge in [-0.1, -0.05) is 52.3 Å². The Kier molecular flexibility index (Phi) is 7.56. The normalized spacial score (nSPS) is 11.6. The van der Waals surface area contributed by atoms with Crippen molar-refractivity contribution in [1.82, 2.24) is 5.43 Å². The molecule has 170 valence electrons. The van der Waals surface area contributed by atoms with Crippen LogP contribution in [0.25, 0.3) is 0 Å². The van der Waals surface area contributed by atoms with Crippen LogP contribution in [0, 0.1) is 10.1 Å². The van der Waals surface area contributed by atoms with Crippen LogP contribution in [0.1, 0.15) is 12.5 Å². The number of nitro benzene ring substituents is 1. The number of hydrogen-bond donors (Lipinski definition) is 1. The van der Waals surface area contributed by atoms with Gasteiger partial charge in [-0.15, -0.1) is 0 Å². The molecule has 33 heavy (non-hydrogen) atoms. The van der Waals surface area contributed by atoms with Gasteiger partial charge in [-0.05, 0) is 42.8 Å². The Labute approximate surface area is 199 Å². The lowest BCUT2D eigenvalue weighted by molar-refractivity contribution is -0.384. The van der Waals surface area contributed by atoms with Crippen LogP contribution in [0.5, 0.6) is 0 Å². The summed E-state index contributed by atoms with van der Waals surface area (Å²) in [5, 5.41) is 15.2. The monoisotopic (exact) mass is 530 g/mol. The lowest BCUT2D eigenvalue weighted by atomic mass is 10.1. The van der Waals surface area contributed by atoms with Crippen molar-refractivity contribution in [2.75, 3.05) is 10.8 Å². The van der Waals surface area contributed by atoms with E-state index in [0.29, 0.717) is 5.71 Å². The SMILES string of the molecule is C/C(=N/NC(=O)CN(c1cccc([N+](=O)[O-])c1)S(=O)(=O)c1ccccc1)c1ccc(Br)cc1. The Bertz CT molecular complexity index is 1300. The lowest BCUT2D eigenvalue weighted by Gasteiger charge is -2.23. The van der Waals surface area contributed by atoms with E-state index in [1.54, 1.807) is 25.1 Å². The highest BCUT2D eigenvalue weighted by atomic mass is 79.9. The molecule has 0 radical (unpaired) electrons. The number of nitro groups is 1. The Morgan fingerprint density at radius 3 is 2.36 bits per heavy atom. The summed E-state index contributed by atoms with van der Waals surface area (Å²) in [5.74, 6) is -0.711. The molecule has 3 aromatic rings. The minimum atomic E-state index is -4.19. The van der Waals surface area contributed by atoms with Crippen LogP contribution < -0.4 is 9.73 Å². The van der Waals surface area contributed by atoms with Gasteiger partial charge < -0.3 is 0 Å². The molecule has 1 N–H and O–H groups in total. The van der Waals surface area contributed by atoms with Gasteiger partial charge in [0.05, 0.1) is 21.2 Å². The number of rotatable bonds is 8. The number of benzene rings is 3. The van der Waals surface area contributed by atoms with Crippen LogP contribution >= 0.6 is 15.9 Å². The first-order chi connectivity index (χ1) is 15.7. The molecule has 0 aromatic heterocycles. The first-order valence-electron chi connectivity index (χ1n) is 9.60. The summed E-state index contributed by atoms with van der Waals surface area (Å²) in [6.07, 6.45) is 0. The summed E-state index contributed by atoms with van der Waals surface area (Å²) in [7, 11) is -4.19. The topological polar surface area (TPSA) is 122 Å². The summed E-state index contributed by atoms with van der Waals surface area (Å²) in [5.41, 5.74) is 3.32. The van der Waals surface area contributed by atoms with E-state index in [9.17, 15) is 23.3 Å². The third-order valence-corrected chi connectivity index (χ3v) is 6.87. The van der Waals surface area contributed by atoms with Crippen LogP contribution in [0.4, 0.5) is 11.4 Å². The predicted molar refractivity (Wildman–Crippen MR) is 129 cm³/mol. The number of amides is 1. The Morgan fingerprint density at radius 2 is 1.73 bits per heavy atom. The zero-order valence-corrected chi connectivity index (χ0v) is 19.8. The molecule has 0 saturated heterocycles. The van der Waals surface area contributed by atoms with E-state index >= 15 is 0 Å². The van der Waals surface area contributed by atoms with Gasteiger partial charge in [0.2, 0.25) is 0 Å². The van der Waals surface area contributed by atoms with Crippen molar-refractivity contribution >= 4 is 48.9 Å². The molecule has 1 amide bonds. The van der Waals surface area contributed by atoms with Gasteiger partial charge in [-0.2, -0.15) is 5.10 Å². The second-order valence-electron chi connectivity index (χ2n) is 6.84. The zero-order chi connectivity index (χ0) is 24.0. The van der Waals surface area contributed by atoms with Crippen LogP contribution in [0.2, 0.25) is 0 Å². The maximum absolute atomic E-state index is 13.3. The van der Waals surface area contributed by atoms with E-state index in [-0.39, 0.29) is 16.3 Å². The fourth-order valence-electron chi connectivity index (χ4n) is 2.86.